The number of piperidine rings is 1. The van der Waals surface area contributed by atoms with Crippen molar-refractivity contribution in [3.8, 4) is 5.75 Å². The number of hydrogen-bond acceptors (Lipinski definition) is 4. The van der Waals surface area contributed by atoms with Gasteiger partial charge >= 0.3 is 0 Å². The average molecular weight is 299 g/mol. The van der Waals surface area contributed by atoms with Crippen LogP contribution >= 0.6 is 0 Å². The summed E-state index contributed by atoms with van der Waals surface area (Å²) in [6.45, 7) is 2.66. The van der Waals surface area contributed by atoms with Crippen LogP contribution in [0.1, 0.15) is 24.2 Å². The lowest BCUT2D eigenvalue weighted by Gasteiger charge is -2.31. The third-order valence-corrected chi connectivity index (χ3v) is 4.32. The lowest BCUT2D eigenvalue weighted by Crippen LogP contribution is -2.34. The van der Waals surface area contributed by atoms with Crippen molar-refractivity contribution < 1.29 is 9.52 Å². The van der Waals surface area contributed by atoms with Gasteiger partial charge < -0.3 is 9.52 Å². The summed E-state index contributed by atoms with van der Waals surface area (Å²) < 4.78 is 5.27. The first kappa shape index (κ1) is 14.9. The predicted molar refractivity (Wildman–Crippen MR) is 84.8 cm³/mol. The molecule has 1 aromatic carbocycles. The highest BCUT2D eigenvalue weighted by Crippen LogP contribution is 2.22. The SMILES string of the molecule is O=c1cc(CN2CCC(Cc3ccccc3)CC2)occ1O. The third-order valence-electron chi connectivity index (χ3n) is 4.32. The molecule has 2 heterocycles. The molecule has 1 aliphatic heterocycles. The zero-order valence-corrected chi connectivity index (χ0v) is 12.6. The van der Waals surface area contributed by atoms with Crippen LogP contribution in [0, 0.1) is 5.92 Å². The van der Waals surface area contributed by atoms with Crippen molar-refractivity contribution in [2.75, 3.05) is 13.1 Å². The zero-order valence-electron chi connectivity index (χ0n) is 12.6. The summed E-state index contributed by atoms with van der Waals surface area (Å²) >= 11 is 0. The highest BCUT2D eigenvalue weighted by atomic mass is 16.4. The first-order valence-corrected chi connectivity index (χ1v) is 7.77. The Labute approximate surface area is 130 Å². The van der Waals surface area contributed by atoms with E-state index in [9.17, 15) is 9.90 Å². The maximum absolute atomic E-state index is 11.4. The number of rotatable bonds is 4. The molecule has 1 aromatic heterocycles. The van der Waals surface area contributed by atoms with E-state index in [-0.39, 0.29) is 11.2 Å². The molecule has 3 rings (SSSR count). The van der Waals surface area contributed by atoms with Crippen LogP contribution < -0.4 is 5.43 Å². The fourth-order valence-electron chi connectivity index (χ4n) is 3.04. The summed E-state index contributed by atoms with van der Waals surface area (Å²) in [5, 5.41) is 9.20. The van der Waals surface area contributed by atoms with Crippen molar-refractivity contribution in [1.29, 1.82) is 0 Å². The molecule has 0 bridgehead atoms. The number of aromatic hydroxyl groups is 1. The van der Waals surface area contributed by atoms with Gasteiger partial charge in [0, 0.05) is 6.07 Å². The Hall–Kier alpha value is -2.07. The normalized spacial score (nSPS) is 16.7. The topological polar surface area (TPSA) is 53.7 Å². The largest absolute Gasteiger partial charge is 0.502 e. The van der Waals surface area contributed by atoms with Crippen molar-refractivity contribution in [1.82, 2.24) is 4.90 Å². The Bertz CT molecular complexity index is 658. The van der Waals surface area contributed by atoms with Crippen molar-refractivity contribution in [2.24, 2.45) is 5.92 Å². The van der Waals surface area contributed by atoms with Gasteiger partial charge in [-0.25, -0.2) is 0 Å². The Morgan fingerprint density at radius 3 is 2.59 bits per heavy atom. The molecule has 0 radical (unpaired) electrons. The van der Waals surface area contributed by atoms with Gasteiger partial charge in [-0.3, -0.25) is 9.69 Å². The number of nitrogens with zero attached hydrogens (tertiary/aromatic N) is 1. The molecular formula is C18H21NO3. The smallest absolute Gasteiger partial charge is 0.226 e. The van der Waals surface area contributed by atoms with Crippen molar-refractivity contribution >= 4 is 0 Å². The van der Waals surface area contributed by atoms with Crippen LogP contribution in [0.25, 0.3) is 0 Å². The average Bonchev–Trinajstić information content (AvgIpc) is 2.54. The monoisotopic (exact) mass is 299 g/mol. The summed E-state index contributed by atoms with van der Waals surface area (Å²) in [6.07, 6.45) is 4.59. The molecule has 22 heavy (non-hydrogen) atoms. The fourth-order valence-corrected chi connectivity index (χ4v) is 3.04. The molecule has 0 unspecified atom stereocenters. The van der Waals surface area contributed by atoms with E-state index in [1.54, 1.807) is 0 Å². The van der Waals surface area contributed by atoms with Crippen molar-refractivity contribution in [3.63, 3.8) is 0 Å². The third kappa shape index (κ3) is 3.77. The maximum Gasteiger partial charge on any atom is 0.226 e. The van der Waals surface area contributed by atoms with Gasteiger partial charge in [0.15, 0.2) is 5.75 Å². The highest BCUT2D eigenvalue weighted by molar-refractivity contribution is 5.16. The molecule has 1 aliphatic rings. The summed E-state index contributed by atoms with van der Waals surface area (Å²) in [4.78, 5) is 13.7. The van der Waals surface area contributed by atoms with Crippen LogP contribution in [-0.4, -0.2) is 23.1 Å². The van der Waals surface area contributed by atoms with Crippen LogP contribution in [-0.2, 0) is 13.0 Å². The molecule has 0 saturated carbocycles. The van der Waals surface area contributed by atoms with E-state index in [4.69, 9.17) is 4.42 Å². The zero-order chi connectivity index (χ0) is 15.4. The summed E-state index contributed by atoms with van der Waals surface area (Å²) in [5.74, 6) is 1.01. The first-order valence-electron chi connectivity index (χ1n) is 7.77. The van der Waals surface area contributed by atoms with Gasteiger partial charge in [0.1, 0.15) is 12.0 Å². The Balaban J connectivity index is 1.51. The van der Waals surface area contributed by atoms with E-state index < -0.39 is 0 Å². The van der Waals surface area contributed by atoms with Crippen LogP contribution in [0.4, 0.5) is 0 Å². The van der Waals surface area contributed by atoms with Gasteiger partial charge in [0.2, 0.25) is 5.43 Å². The molecular weight excluding hydrogens is 278 g/mol. The minimum atomic E-state index is -0.375. The highest BCUT2D eigenvalue weighted by Gasteiger charge is 2.20. The Morgan fingerprint density at radius 1 is 1.18 bits per heavy atom. The number of benzene rings is 1. The minimum Gasteiger partial charge on any atom is -0.502 e. The molecule has 0 amide bonds. The second kappa shape index (κ2) is 6.79. The van der Waals surface area contributed by atoms with Gasteiger partial charge in [0.05, 0.1) is 6.54 Å². The molecule has 4 nitrogen and oxygen atoms in total. The maximum atomic E-state index is 11.4. The van der Waals surface area contributed by atoms with Crippen LogP contribution in [0.2, 0.25) is 0 Å². The van der Waals surface area contributed by atoms with Gasteiger partial charge in [-0.2, -0.15) is 0 Å². The van der Waals surface area contributed by atoms with Gasteiger partial charge in [-0.05, 0) is 43.8 Å². The Morgan fingerprint density at radius 2 is 1.91 bits per heavy atom. The lowest BCUT2D eigenvalue weighted by molar-refractivity contribution is 0.164. The van der Waals surface area contributed by atoms with Crippen molar-refractivity contribution in [3.05, 3.63) is 64.2 Å². The molecule has 0 aliphatic carbocycles. The number of likely N-dealkylation sites (tertiary alicyclic amines) is 1. The van der Waals surface area contributed by atoms with Crippen molar-refractivity contribution in [2.45, 2.75) is 25.8 Å². The van der Waals surface area contributed by atoms with Crippen LogP contribution in [0.5, 0.6) is 5.75 Å². The first-order chi connectivity index (χ1) is 10.7. The standard InChI is InChI=1S/C18H21NO3/c20-17-11-16(22-13-18(17)21)12-19-8-6-15(7-9-19)10-14-4-2-1-3-5-14/h1-5,11,13,15,21H,6-10,12H2. The van der Waals surface area contributed by atoms with Gasteiger partial charge in [-0.15, -0.1) is 0 Å². The van der Waals surface area contributed by atoms with E-state index in [0.29, 0.717) is 12.3 Å². The Kier molecular flexibility index (Phi) is 4.59. The van der Waals surface area contributed by atoms with E-state index in [0.717, 1.165) is 44.5 Å². The van der Waals surface area contributed by atoms with E-state index in [1.807, 2.05) is 0 Å². The minimum absolute atomic E-state index is 0.328. The molecule has 0 spiro atoms. The molecule has 1 fully saturated rings. The second-order valence-electron chi connectivity index (χ2n) is 6.01. The predicted octanol–water partition coefficient (Wildman–Crippen LogP) is 2.80. The molecule has 0 atom stereocenters. The van der Waals surface area contributed by atoms with Gasteiger partial charge in [0.25, 0.3) is 0 Å². The molecule has 116 valence electrons. The number of hydrogen-bond donors (Lipinski definition) is 1. The lowest BCUT2D eigenvalue weighted by atomic mass is 9.90. The summed E-state index contributed by atoms with van der Waals surface area (Å²) in [5.41, 5.74) is 1.03. The van der Waals surface area contributed by atoms with Gasteiger partial charge in [-0.1, -0.05) is 30.3 Å². The molecule has 1 saturated heterocycles. The van der Waals surface area contributed by atoms with E-state index in [2.05, 4.69) is 35.2 Å². The molecule has 1 N–H and O–H groups in total. The fraction of sp³-hybridized carbons (Fsp3) is 0.389. The second-order valence-corrected chi connectivity index (χ2v) is 6.01. The van der Waals surface area contributed by atoms with Crippen LogP contribution in [0.3, 0.4) is 0 Å². The summed E-state index contributed by atoms with van der Waals surface area (Å²) in [7, 11) is 0. The summed E-state index contributed by atoms with van der Waals surface area (Å²) in [6, 6.07) is 12.0. The quantitative estimate of drug-likeness (QED) is 0.943. The molecule has 4 heteroatoms. The van der Waals surface area contributed by atoms with E-state index >= 15 is 0 Å². The molecule has 2 aromatic rings. The van der Waals surface area contributed by atoms with E-state index in [1.165, 1.54) is 11.6 Å². The van der Waals surface area contributed by atoms with Crippen LogP contribution in [0.15, 0.2) is 51.9 Å².